The van der Waals surface area contributed by atoms with Crippen LogP contribution in [0.5, 0.6) is 0 Å². The molecule has 0 aliphatic heterocycles. The van der Waals surface area contributed by atoms with Crippen LogP contribution in [0.1, 0.15) is 42.5 Å². The number of rotatable bonds is 3. The second kappa shape index (κ2) is 6.42. The van der Waals surface area contributed by atoms with E-state index in [-0.39, 0.29) is 5.91 Å². The molecule has 1 saturated carbocycles. The molecule has 0 aromatic heterocycles. The van der Waals surface area contributed by atoms with E-state index in [0.29, 0.717) is 21.6 Å². The van der Waals surface area contributed by atoms with Crippen molar-refractivity contribution in [2.24, 2.45) is 5.92 Å². The van der Waals surface area contributed by atoms with E-state index in [4.69, 9.17) is 5.73 Å². The molecule has 1 fully saturated rings. The summed E-state index contributed by atoms with van der Waals surface area (Å²) in [5, 5.41) is 0. The highest BCUT2D eigenvalue weighted by Crippen LogP contribution is 2.27. The predicted molar refractivity (Wildman–Crippen MR) is 82.1 cm³/mol. The summed E-state index contributed by atoms with van der Waals surface area (Å²) < 4.78 is 0.704. The Bertz CT molecular complexity index is 455. The molecule has 1 aliphatic carbocycles. The summed E-state index contributed by atoms with van der Waals surface area (Å²) in [6, 6.07) is 5.43. The van der Waals surface area contributed by atoms with Crippen LogP contribution in [0.2, 0.25) is 0 Å². The Morgan fingerprint density at radius 3 is 2.74 bits per heavy atom. The summed E-state index contributed by atoms with van der Waals surface area (Å²) in [7, 11) is 1.88. The number of amides is 1. The van der Waals surface area contributed by atoms with Crippen molar-refractivity contribution >= 4 is 27.5 Å². The van der Waals surface area contributed by atoms with Gasteiger partial charge in [-0.25, -0.2) is 0 Å². The summed E-state index contributed by atoms with van der Waals surface area (Å²) in [6.07, 6.45) is 6.43. The maximum atomic E-state index is 12.4. The van der Waals surface area contributed by atoms with Gasteiger partial charge in [0, 0.05) is 19.3 Å². The van der Waals surface area contributed by atoms with Gasteiger partial charge in [0.2, 0.25) is 0 Å². The Balaban J connectivity index is 2.03. The molecule has 0 spiro atoms. The second-order valence-corrected chi connectivity index (χ2v) is 6.19. The average Bonchev–Trinajstić information content (AvgIpc) is 2.42. The van der Waals surface area contributed by atoms with Crippen LogP contribution in [0.25, 0.3) is 0 Å². The van der Waals surface area contributed by atoms with Crippen molar-refractivity contribution in [2.75, 3.05) is 19.3 Å². The van der Waals surface area contributed by atoms with E-state index in [1.807, 2.05) is 24.1 Å². The lowest BCUT2D eigenvalue weighted by Gasteiger charge is -2.27. The Kier molecular flexibility index (Phi) is 4.86. The lowest BCUT2D eigenvalue weighted by molar-refractivity contribution is 0.0759. The molecule has 0 unspecified atom stereocenters. The van der Waals surface area contributed by atoms with Crippen LogP contribution in [-0.2, 0) is 0 Å². The van der Waals surface area contributed by atoms with Crippen molar-refractivity contribution < 1.29 is 4.79 Å². The average molecular weight is 325 g/mol. The molecule has 0 heterocycles. The number of anilines is 1. The summed E-state index contributed by atoms with van der Waals surface area (Å²) in [5.74, 6) is 0.701. The normalized spacial score (nSPS) is 16.3. The van der Waals surface area contributed by atoms with Crippen LogP contribution in [0, 0.1) is 5.92 Å². The van der Waals surface area contributed by atoms with Gasteiger partial charge in [-0.15, -0.1) is 0 Å². The SMILES string of the molecule is CN(CC1CCCCC1)C(=O)c1cccc(N)c1Br. The molecular weight excluding hydrogens is 304 g/mol. The van der Waals surface area contributed by atoms with E-state index in [2.05, 4.69) is 15.9 Å². The molecule has 2 rings (SSSR count). The highest BCUT2D eigenvalue weighted by atomic mass is 79.9. The Hall–Kier alpha value is -1.03. The van der Waals surface area contributed by atoms with E-state index in [1.54, 1.807) is 6.07 Å². The summed E-state index contributed by atoms with van der Waals surface area (Å²) in [5.41, 5.74) is 7.08. The molecule has 0 radical (unpaired) electrons. The van der Waals surface area contributed by atoms with Gasteiger partial charge in [-0.05, 0) is 46.8 Å². The van der Waals surface area contributed by atoms with Crippen LogP contribution in [0.3, 0.4) is 0 Å². The maximum Gasteiger partial charge on any atom is 0.254 e. The lowest BCUT2D eigenvalue weighted by Crippen LogP contribution is -2.32. The van der Waals surface area contributed by atoms with Gasteiger partial charge >= 0.3 is 0 Å². The van der Waals surface area contributed by atoms with Crippen LogP contribution in [0.4, 0.5) is 5.69 Å². The summed E-state index contributed by atoms with van der Waals surface area (Å²) in [4.78, 5) is 14.3. The number of hydrogen-bond donors (Lipinski definition) is 1. The number of nitrogens with two attached hydrogens (primary N) is 1. The van der Waals surface area contributed by atoms with Crippen molar-refractivity contribution in [3.8, 4) is 0 Å². The van der Waals surface area contributed by atoms with E-state index in [1.165, 1.54) is 32.1 Å². The largest absolute Gasteiger partial charge is 0.398 e. The molecular formula is C15H21BrN2O. The minimum absolute atomic E-state index is 0.0461. The maximum absolute atomic E-state index is 12.4. The van der Waals surface area contributed by atoms with Gasteiger partial charge in [-0.2, -0.15) is 0 Å². The van der Waals surface area contributed by atoms with Crippen molar-refractivity contribution in [3.05, 3.63) is 28.2 Å². The van der Waals surface area contributed by atoms with Crippen molar-refractivity contribution in [1.29, 1.82) is 0 Å². The molecule has 104 valence electrons. The molecule has 0 atom stereocenters. The number of nitrogens with zero attached hydrogens (tertiary/aromatic N) is 1. The highest BCUT2D eigenvalue weighted by Gasteiger charge is 2.20. The van der Waals surface area contributed by atoms with Crippen molar-refractivity contribution in [1.82, 2.24) is 4.90 Å². The van der Waals surface area contributed by atoms with Gasteiger partial charge in [-0.3, -0.25) is 4.79 Å². The Labute approximate surface area is 123 Å². The van der Waals surface area contributed by atoms with E-state index in [0.717, 1.165) is 6.54 Å². The number of hydrogen-bond acceptors (Lipinski definition) is 2. The predicted octanol–water partition coefficient (Wildman–Crippen LogP) is 3.68. The fraction of sp³-hybridized carbons (Fsp3) is 0.533. The fourth-order valence-corrected chi connectivity index (χ4v) is 3.19. The smallest absolute Gasteiger partial charge is 0.254 e. The molecule has 1 amide bonds. The zero-order valence-corrected chi connectivity index (χ0v) is 12.9. The number of carbonyl (C=O) groups excluding carboxylic acids is 1. The summed E-state index contributed by atoms with van der Waals surface area (Å²) in [6.45, 7) is 0.847. The second-order valence-electron chi connectivity index (χ2n) is 5.40. The summed E-state index contributed by atoms with van der Waals surface area (Å²) >= 11 is 3.40. The Morgan fingerprint density at radius 2 is 2.05 bits per heavy atom. The van der Waals surface area contributed by atoms with Gasteiger partial charge in [0.05, 0.1) is 10.0 Å². The van der Waals surface area contributed by atoms with E-state index < -0.39 is 0 Å². The molecule has 0 saturated heterocycles. The first-order valence-electron chi connectivity index (χ1n) is 6.89. The minimum Gasteiger partial charge on any atom is -0.398 e. The standard InChI is InChI=1S/C15H21BrN2O/c1-18(10-11-6-3-2-4-7-11)15(19)12-8-5-9-13(17)14(12)16/h5,8-9,11H,2-4,6-7,10,17H2,1H3. The molecule has 4 heteroatoms. The first-order chi connectivity index (χ1) is 9.09. The lowest BCUT2D eigenvalue weighted by atomic mass is 9.89. The molecule has 3 nitrogen and oxygen atoms in total. The van der Waals surface area contributed by atoms with Gasteiger partial charge in [0.1, 0.15) is 0 Å². The number of benzene rings is 1. The zero-order chi connectivity index (χ0) is 13.8. The van der Waals surface area contributed by atoms with Gasteiger partial charge in [0.25, 0.3) is 5.91 Å². The third kappa shape index (κ3) is 3.50. The first-order valence-corrected chi connectivity index (χ1v) is 7.68. The van der Waals surface area contributed by atoms with Gasteiger partial charge in [-0.1, -0.05) is 25.3 Å². The van der Waals surface area contributed by atoms with Crippen molar-refractivity contribution in [2.45, 2.75) is 32.1 Å². The number of halogens is 1. The number of nitrogen functional groups attached to an aromatic ring is 1. The third-order valence-electron chi connectivity index (χ3n) is 3.86. The van der Waals surface area contributed by atoms with Crippen LogP contribution >= 0.6 is 15.9 Å². The van der Waals surface area contributed by atoms with Gasteiger partial charge in [0.15, 0.2) is 0 Å². The monoisotopic (exact) mass is 324 g/mol. The molecule has 19 heavy (non-hydrogen) atoms. The molecule has 1 aromatic carbocycles. The minimum atomic E-state index is 0.0461. The fourth-order valence-electron chi connectivity index (χ4n) is 2.76. The quantitative estimate of drug-likeness (QED) is 0.862. The van der Waals surface area contributed by atoms with E-state index in [9.17, 15) is 4.79 Å². The molecule has 0 bridgehead atoms. The highest BCUT2D eigenvalue weighted by molar-refractivity contribution is 9.10. The Morgan fingerprint density at radius 1 is 1.37 bits per heavy atom. The van der Waals surface area contributed by atoms with Crippen LogP contribution in [-0.4, -0.2) is 24.4 Å². The van der Waals surface area contributed by atoms with Gasteiger partial charge < -0.3 is 10.6 Å². The molecule has 2 N–H and O–H groups in total. The van der Waals surface area contributed by atoms with Crippen molar-refractivity contribution in [3.63, 3.8) is 0 Å². The third-order valence-corrected chi connectivity index (χ3v) is 4.75. The zero-order valence-electron chi connectivity index (χ0n) is 11.4. The topological polar surface area (TPSA) is 46.3 Å². The number of carbonyl (C=O) groups is 1. The first kappa shape index (κ1) is 14.4. The van der Waals surface area contributed by atoms with E-state index >= 15 is 0 Å². The molecule has 1 aliphatic rings. The van der Waals surface area contributed by atoms with Crippen LogP contribution < -0.4 is 5.73 Å². The molecule has 1 aromatic rings. The van der Waals surface area contributed by atoms with Crippen LogP contribution in [0.15, 0.2) is 22.7 Å².